The molecule has 1 amide bonds. The molecule has 4 rings (SSSR count). The highest BCUT2D eigenvalue weighted by atomic mass is 32.2. The molecule has 2 heterocycles. The molecule has 0 spiro atoms. The second-order valence-electron chi connectivity index (χ2n) is 8.26. The van der Waals surface area contributed by atoms with Crippen molar-refractivity contribution in [2.24, 2.45) is 0 Å². The Morgan fingerprint density at radius 3 is 2.67 bits per heavy atom. The van der Waals surface area contributed by atoms with Crippen LogP contribution >= 0.6 is 23.1 Å². The van der Waals surface area contributed by atoms with Crippen LogP contribution in [0.2, 0.25) is 0 Å². The summed E-state index contributed by atoms with van der Waals surface area (Å²) in [5, 5.41) is 1.37. The summed E-state index contributed by atoms with van der Waals surface area (Å²) in [6, 6.07) is 5.79. The molecule has 33 heavy (non-hydrogen) atoms. The molecular formula is C24H29N3O4S2. The number of carbonyl (C=O) groups is 1. The van der Waals surface area contributed by atoms with Gasteiger partial charge in [-0.05, 0) is 55.4 Å². The number of methoxy groups -OCH3 is 2. The number of nitrogens with zero attached hydrogens (tertiary/aromatic N) is 3. The van der Waals surface area contributed by atoms with E-state index in [9.17, 15) is 9.59 Å². The summed E-state index contributed by atoms with van der Waals surface area (Å²) >= 11 is 2.97. The van der Waals surface area contributed by atoms with Gasteiger partial charge >= 0.3 is 0 Å². The molecule has 1 aromatic carbocycles. The number of carbonyl (C=O) groups excluding carboxylic acids is 1. The number of hydrogen-bond donors (Lipinski definition) is 0. The van der Waals surface area contributed by atoms with Crippen molar-refractivity contribution in [2.75, 3.05) is 34.1 Å². The maximum absolute atomic E-state index is 13.7. The normalized spacial score (nSPS) is 13.1. The molecule has 0 bridgehead atoms. The number of thiophene rings is 1. The number of aromatic nitrogens is 2. The van der Waals surface area contributed by atoms with Crippen LogP contribution in [0.5, 0.6) is 11.5 Å². The molecule has 0 atom stereocenters. The molecule has 0 saturated carbocycles. The number of hydrogen-bond acceptors (Lipinski definition) is 7. The Labute approximate surface area is 201 Å². The van der Waals surface area contributed by atoms with E-state index in [-0.39, 0.29) is 17.2 Å². The van der Waals surface area contributed by atoms with Gasteiger partial charge in [-0.2, -0.15) is 0 Å². The zero-order chi connectivity index (χ0) is 23.5. The topological polar surface area (TPSA) is 73.7 Å². The minimum absolute atomic E-state index is 0.000297. The average Bonchev–Trinajstić information content (AvgIpc) is 3.20. The number of rotatable bonds is 8. The molecule has 0 unspecified atom stereocenters. The monoisotopic (exact) mass is 487 g/mol. The van der Waals surface area contributed by atoms with Crippen LogP contribution in [0.3, 0.4) is 0 Å². The maximum Gasteiger partial charge on any atom is 0.263 e. The highest BCUT2D eigenvalue weighted by Crippen LogP contribution is 2.35. The van der Waals surface area contributed by atoms with E-state index in [1.807, 2.05) is 18.2 Å². The standard InChI is InChI=1S/C24H29N3O4S2/c1-26(2)20(28)14-32-24-25-22-21(16-7-5-6-8-19(16)33-22)23(29)27(24)12-11-15-9-10-17(30-3)18(13-15)31-4/h9-10,13H,5-8,11-12,14H2,1-4H3. The smallest absolute Gasteiger partial charge is 0.263 e. The molecule has 0 fully saturated rings. The quantitative estimate of drug-likeness (QED) is 0.356. The van der Waals surface area contributed by atoms with Crippen LogP contribution in [0.4, 0.5) is 0 Å². The Balaban J connectivity index is 1.71. The number of aryl methyl sites for hydroxylation is 3. The Kier molecular flexibility index (Phi) is 7.29. The summed E-state index contributed by atoms with van der Waals surface area (Å²) in [5.74, 6) is 1.57. The number of ether oxygens (including phenoxy) is 2. The second kappa shape index (κ2) is 10.2. The molecule has 0 radical (unpaired) electrons. The number of thioether (sulfide) groups is 1. The average molecular weight is 488 g/mol. The van der Waals surface area contributed by atoms with E-state index in [1.165, 1.54) is 22.2 Å². The summed E-state index contributed by atoms with van der Waals surface area (Å²) in [4.78, 5) is 34.4. The lowest BCUT2D eigenvalue weighted by Crippen LogP contribution is -2.27. The van der Waals surface area contributed by atoms with Crippen molar-refractivity contribution in [1.29, 1.82) is 0 Å². The zero-order valence-electron chi connectivity index (χ0n) is 19.5. The van der Waals surface area contributed by atoms with Gasteiger partial charge in [0.15, 0.2) is 16.7 Å². The summed E-state index contributed by atoms with van der Waals surface area (Å²) in [7, 11) is 6.69. The molecule has 0 N–H and O–H groups in total. The number of fused-ring (bicyclic) bond motifs is 3. The van der Waals surface area contributed by atoms with Gasteiger partial charge < -0.3 is 14.4 Å². The highest BCUT2D eigenvalue weighted by Gasteiger charge is 2.23. The van der Waals surface area contributed by atoms with Gasteiger partial charge in [-0.3, -0.25) is 14.2 Å². The van der Waals surface area contributed by atoms with Crippen LogP contribution in [-0.2, 0) is 30.6 Å². The van der Waals surface area contributed by atoms with E-state index in [0.717, 1.165) is 41.5 Å². The highest BCUT2D eigenvalue weighted by molar-refractivity contribution is 7.99. The van der Waals surface area contributed by atoms with Crippen molar-refractivity contribution in [3.8, 4) is 11.5 Å². The molecule has 0 saturated heterocycles. The van der Waals surface area contributed by atoms with Crippen LogP contribution < -0.4 is 15.0 Å². The lowest BCUT2D eigenvalue weighted by atomic mass is 9.97. The molecule has 9 heteroatoms. The largest absolute Gasteiger partial charge is 0.493 e. The summed E-state index contributed by atoms with van der Waals surface area (Å²) in [6.45, 7) is 0.473. The summed E-state index contributed by atoms with van der Waals surface area (Å²) in [5.41, 5.74) is 2.21. The zero-order valence-corrected chi connectivity index (χ0v) is 21.1. The van der Waals surface area contributed by atoms with E-state index in [2.05, 4.69) is 0 Å². The molecule has 1 aliphatic carbocycles. The predicted molar refractivity (Wildman–Crippen MR) is 133 cm³/mol. The van der Waals surface area contributed by atoms with Gasteiger partial charge in [-0.15, -0.1) is 11.3 Å². The fraction of sp³-hybridized carbons (Fsp3) is 0.458. The first-order chi connectivity index (χ1) is 15.9. The Hall–Kier alpha value is -2.52. The van der Waals surface area contributed by atoms with Crippen LogP contribution in [0, 0.1) is 0 Å². The summed E-state index contributed by atoms with van der Waals surface area (Å²) < 4.78 is 12.5. The van der Waals surface area contributed by atoms with Gasteiger partial charge in [0.05, 0.1) is 25.4 Å². The van der Waals surface area contributed by atoms with Crippen LogP contribution in [0.1, 0.15) is 28.8 Å². The van der Waals surface area contributed by atoms with E-state index >= 15 is 0 Å². The van der Waals surface area contributed by atoms with E-state index in [0.29, 0.717) is 29.6 Å². The van der Waals surface area contributed by atoms with Crippen LogP contribution in [-0.4, -0.2) is 54.4 Å². The fourth-order valence-corrected chi connectivity index (χ4v) is 6.37. The third kappa shape index (κ3) is 4.89. The predicted octanol–water partition coefficient (Wildman–Crippen LogP) is 3.78. The van der Waals surface area contributed by atoms with Gasteiger partial charge in [0, 0.05) is 25.5 Å². The van der Waals surface area contributed by atoms with E-state index in [4.69, 9.17) is 14.5 Å². The number of benzene rings is 1. The van der Waals surface area contributed by atoms with Crippen molar-refractivity contribution < 1.29 is 14.3 Å². The minimum atomic E-state index is -0.00809. The third-order valence-electron chi connectivity index (χ3n) is 5.94. The number of amides is 1. The van der Waals surface area contributed by atoms with Crippen LogP contribution in [0.25, 0.3) is 10.2 Å². The molecule has 7 nitrogen and oxygen atoms in total. The van der Waals surface area contributed by atoms with Gasteiger partial charge in [-0.1, -0.05) is 17.8 Å². The van der Waals surface area contributed by atoms with Gasteiger partial charge in [0.25, 0.3) is 5.56 Å². The Morgan fingerprint density at radius 1 is 1.18 bits per heavy atom. The third-order valence-corrected chi connectivity index (χ3v) is 8.08. The molecule has 0 aliphatic heterocycles. The Bertz CT molecular complexity index is 1230. The second-order valence-corrected chi connectivity index (χ2v) is 10.3. The minimum Gasteiger partial charge on any atom is -0.493 e. The van der Waals surface area contributed by atoms with Crippen molar-refractivity contribution >= 4 is 39.2 Å². The lowest BCUT2D eigenvalue weighted by molar-refractivity contribution is -0.125. The van der Waals surface area contributed by atoms with Crippen molar-refractivity contribution in [1.82, 2.24) is 14.5 Å². The molecule has 176 valence electrons. The van der Waals surface area contributed by atoms with Crippen molar-refractivity contribution in [2.45, 2.75) is 43.8 Å². The molecule has 1 aliphatic rings. The van der Waals surface area contributed by atoms with Gasteiger partial charge in [0.2, 0.25) is 5.91 Å². The van der Waals surface area contributed by atoms with E-state index in [1.54, 1.807) is 49.1 Å². The van der Waals surface area contributed by atoms with Crippen LogP contribution in [0.15, 0.2) is 28.2 Å². The van der Waals surface area contributed by atoms with Gasteiger partial charge in [-0.25, -0.2) is 4.98 Å². The fourth-order valence-electron chi connectivity index (χ4n) is 4.06. The van der Waals surface area contributed by atoms with Crippen molar-refractivity contribution in [3.63, 3.8) is 0 Å². The lowest BCUT2D eigenvalue weighted by Gasteiger charge is -2.15. The molecule has 3 aromatic rings. The van der Waals surface area contributed by atoms with Gasteiger partial charge in [0.1, 0.15) is 4.83 Å². The maximum atomic E-state index is 13.7. The Morgan fingerprint density at radius 2 is 1.94 bits per heavy atom. The van der Waals surface area contributed by atoms with Crippen molar-refractivity contribution in [3.05, 3.63) is 44.6 Å². The van der Waals surface area contributed by atoms with E-state index < -0.39 is 0 Å². The first kappa shape index (κ1) is 23.6. The molecule has 2 aromatic heterocycles. The first-order valence-corrected chi connectivity index (χ1v) is 12.8. The summed E-state index contributed by atoms with van der Waals surface area (Å²) in [6.07, 6.45) is 4.86. The SMILES string of the molecule is COc1ccc(CCn2c(SCC(=O)N(C)C)nc3sc4c(c3c2=O)CCCC4)cc1OC. The molecular weight excluding hydrogens is 458 g/mol. The first-order valence-electron chi connectivity index (χ1n) is 11.0.